The van der Waals surface area contributed by atoms with Crippen LogP contribution in [0.5, 0.6) is 0 Å². The SMILES string of the molecule is CN(C)CCc1cn(C(=O)OCOC(=O)CCCC(=O)O)c2ccccc12. The van der Waals surface area contributed by atoms with Crippen LogP contribution in [0.2, 0.25) is 0 Å². The third kappa shape index (κ3) is 6.10. The van der Waals surface area contributed by atoms with Crippen molar-refractivity contribution in [3.8, 4) is 0 Å². The van der Waals surface area contributed by atoms with Crippen molar-refractivity contribution in [3.63, 3.8) is 0 Å². The molecule has 1 heterocycles. The molecule has 0 amide bonds. The number of para-hydroxylation sites is 1. The van der Waals surface area contributed by atoms with Crippen LogP contribution in [-0.4, -0.2) is 60.0 Å². The third-order valence-electron chi connectivity index (χ3n) is 3.99. The summed E-state index contributed by atoms with van der Waals surface area (Å²) in [5.41, 5.74) is 1.76. The summed E-state index contributed by atoms with van der Waals surface area (Å²) in [5.74, 6) is -1.58. The summed E-state index contributed by atoms with van der Waals surface area (Å²) >= 11 is 0. The van der Waals surface area contributed by atoms with Gasteiger partial charge in [0, 0.05) is 31.0 Å². The number of nitrogens with zero attached hydrogens (tertiary/aromatic N) is 2. The Labute approximate surface area is 157 Å². The highest BCUT2D eigenvalue weighted by atomic mass is 16.7. The fourth-order valence-corrected chi connectivity index (χ4v) is 2.62. The second-order valence-electron chi connectivity index (χ2n) is 6.39. The van der Waals surface area contributed by atoms with Gasteiger partial charge >= 0.3 is 18.0 Å². The number of hydrogen-bond donors (Lipinski definition) is 1. The summed E-state index contributed by atoms with van der Waals surface area (Å²) < 4.78 is 11.2. The molecular weight excluding hydrogens is 352 g/mol. The number of carbonyl (C=O) groups excluding carboxylic acids is 2. The van der Waals surface area contributed by atoms with Crippen molar-refractivity contribution in [2.75, 3.05) is 27.4 Å². The van der Waals surface area contributed by atoms with Gasteiger partial charge in [-0.05, 0) is 38.6 Å². The highest BCUT2D eigenvalue weighted by Gasteiger charge is 2.15. The molecule has 1 aromatic carbocycles. The number of carboxylic acids is 1. The Hall–Kier alpha value is -2.87. The minimum Gasteiger partial charge on any atom is -0.481 e. The molecule has 0 aliphatic heterocycles. The predicted octanol–water partition coefficient (Wildman–Crippen LogP) is 2.49. The monoisotopic (exact) mass is 376 g/mol. The van der Waals surface area contributed by atoms with E-state index < -0.39 is 24.8 Å². The van der Waals surface area contributed by atoms with Crippen LogP contribution < -0.4 is 0 Å². The maximum absolute atomic E-state index is 12.4. The molecule has 0 atom stereocenters. The van der Waals surface area contributed by atoms with Crippen LogP contribution in [0, 0.1) is 0 Å². The summed E-state index contributed by atoms with van der Waals surface area (Å²) in [4.78, 5) is 36.3. The van der Waals surface area contributed by atoms with E-state index in [0.717, 1.165) is 29.4 Å². The van der Waals surface area contributed by atoms with Crippen LogP contribution in [0.1, 0.15) is 24.8 Å². The second-order valence-corrected chi connectivity index (χ2v) is 6.39. The van der Waals surface area contributed by atoms with Crippen LogP contribution in [0.15, 0.2) is 30.5 Å². The molecule has 27 heavy (non-hydrogen) atoms. The highest BCUT2D eigenvalue weighted by Crippen LogP contribution is 2.22. The largest absolute Gasteiger partial charge is 0.481 e. The van der Waals surface area contributed by atoms with E-state index in [9.17, 15) is 14.4 Å². The first-order valence-corrected chi connectivity index (χ1v) is 8.66. The molecule has 0 fully saturated rings. The molecule has 2 aromatic rings. The molecular formula is C19H24N2O6. The lowest BCUT2D eigenvalue weighted by atomic mass is 10.1. The standard InChI is InChI=1S/C19H24N2O6/c1-20(2)11-10-14-12-21(16-7-4-3-6-15(14)16)19(25)27-13-26-18(24)9-5-8-17(22)23/h3-4,6-7,12H,5,8-11,13H2,1-2H3,(H,22,23). The van der Waals surface area contributed by atoms with Crippen molar-refractivity contribution in [3.05, 3.63) is 36.0 Å². The minimum atomic E-state index is -0.973. The van der Waals surface area contributed by atoms with Crippen molar-refractivity contribution in [1.29, 1.82) is 0 Å². The van der Waals surface area contributed by atoms with Crippen molar-refractivity contribution in [2.24, 2.45) is 0 Å². The lowest BCUT2D eigenvalue weighted by Crippen LogP contribution is -2.17. The van der Waals surface area contributed by atoms with E-state index in [0.29, 0.717) is 0 Å². The van der Waals surface area contributed by atoms with Gasteiger partial charge in [0.1, 0.15) is 0 Å². The molecule has 0 unspecified atom stereocenters. The molecule has 8 nitrogen and oxygen atoms in total. The van der Waals surface area contributed by atoms with Crippen molar-refractivity contribution >= 4 is 28.9 Å². The van der Waals surface area contributed by atoms with Crippen LogP contribution in [0.3, 0.4) is 0 Å². The van der Waals surface area contributed by atoms with Gasteiger partial charge in [-0.15, -0.1) is 0 Å². The van der Waals surface area contributed by atoms with E-state index in [2.05, 4.69) is 4.90 Å². The number of rotatable bonds is 9. The number of ether oxygens (including phenoxy) is 2. The Morgan fingerprint density at radius 3 is 2.56 bits per heavy atom. The zero-order valence-corrected chi connectivity index (χ0v) is 15.5. The van der Waals surface area contributed by atoms with E-state index in [-0.39, 0.29) is 19.3 Å². The van der Waals surface area contributed by atoms with E-state index in [1.54, 1.807) is 6.20 Å². The Balaban J connectivity index is 1.95. The van der Waals surface area contributed by atoms with Crippen molar-refractivity contribution in [1.82, 2.24) is 9.47 Å². The van der Waals surface area contributed by atoms with Gasteiger partial charge in [-0.25, -0.2) is 4.79 Å². The molecule has 0 saturated carbocycles. The van der Waals surface area contributed by atoms with E-state index >= 15 is 0 Å². The summed E-state index contributed by atoms with van der Waals surface area (Å²) in [6.07, 6.45) is 1.92. The predicted molar refractivity (Wildman–Crippen MR) is 98.5 cm³/mol. The first-order valence-electron chi connectivity index (χ1n) is 8.66. The zero-order chi connectivity index (χ0) is 19.8. The first-order chi connectivity index (χ1) is 12.9. The number of fused-ring (bicyclic) bond motifs is 1. The topological polar surface area (TPSA) is 98.1 Å². The van der Waals surface area contributed by atoms with Gasteiger partial charge in [0.2, 0.25) is 6.79 Å². The smallest absolute Gasteiger partial charge is 0.421 e. The van der Waals surface area contributed by atoms with Crippen LogP contribution in [-0.2, 0) is 25.5 Å². The van der Waals surface area contributed by atoms with Gasteiger partial charge in [-0.2, -0.15) is 0 Å². The lowest BCUT2D eigenvalue weighted by molar-refractivity contribution is -0.152. The number of carbonyl (C=O) groups is 3. The molecule has 1 aromatic heterocycles. The first kappa shape index (κ1) is 20.4. The fourth-order valence-electron chi connectivity index (χ4n) is 2.62. The Morgan fingerprint density at radius 1 is 1.11 bits per heavy atom. The average Bonchev–Trinajstić information content (AvgIpc) is 2.98. The second kappa shape index (κ2) is 9.72. The van der Waals surface area contributed by atoms with Gasteiger partial charge in [0.05, 0.1) is 5.52 Å². The number of aromatic nitrogens is 1. The summed E-state index contributed by atoms with van der Waals surface area (Å²) in [6.45, 7) is 0.335. The Kier molecular flexibility index (Phi) is 7.36. The fraction of sp³-hybridized carbons (Fsp3) is 0.421. The number of likely N-dealkylation sites (N-methyl/N-ethyl adjacent to an activating group) is 1. The summed E-state index contributed by atoms with van der Waals surface area (Å²) in [6, 6.07) is 7.53. The summed E-state index contributed by atoms with van der Waals surface area (Å²) in [5, 5.41) is 9.51. The van der Waals surface area contributed by atoms with Crippen molar-refractivity contribution in [2.45, 2.75) is 25.7 Å². The molecule has 0 spiro atoms. The van der Waals surface area contributed by atoms with Gasteiger partial charge in [0.25, 0.3) is 0 Å². The maximum Gasteiger partial charge on any atom is 0.421 e. The molecule has 1 N–H and O–H groups in total. The van der Waals surface area contributed by atoms with Crippen LogP contribution >= 0.6 is 0 Å². The third-order valence-corrected chi connectivity index (χ3v) is 3.99. The Morgan fingerprint density at radius 2 is 1.85 bits per heavy atom. The summed E-state index contributed by atoms with van der Waals surface area (Å²) in [7, 11) is 3.97. The normalized spacial score (nSPS) is 10.9. The molecule has 0 aliphatic carbocycles. The number of aliphatic carboxylic acids is 1. The van der Waals surface area contributed by atoms with E-state index in [1.165, 1.54) is 4.57 Å². The van der Waals surface area contributed by atoms with Gasteiger partial charge in [-0.1, -0.05) is 18.2 Å². The van der Waals surface area contributed by atoms with Crippen LogP contribution in [0.4, 0.5) is 4.79 Å². The highest BCUT2D eigenvalue weighted by molar-refractivity contribution is 5.92. The molecule has 0 radical (unpaired) electrons. The molecule has 146 valence electrons. The Bertz CT molecular complexity index is 812. The van der Waals surface area contributed by atoms with Gasteiger partial charge in [0.15, 0.2) is 0 Å². The number of esters is 1. The molecule has 0 aliphatic rings. The quantitative estimate of drug-likeness (QED) is 0.530. The zero-order valence-electron chi connectivity index (χ0n) is 15.5. The maximum atomic E-state index is 12.4. The number of hydrogen-bond acceptors (Lipinski definition) is 6. The van der Waals surface area contributed by atoms with Gasteiger partial charge in [-0.3, -0.25) is 14.2 Å². The average molecular weight is 376 g/mol. The molecule has 2 rings (SSSR count). The minimum absolute atomic E-state index is 0.0367. The van der Waals surface area contributed by atoms with E-state index in [4.69, 9.17) is 14.6 Å². The molecule has 0 saturated heterocycles. The molecule has 8 heteroatoms. The van der Waals surface area contributed by atoms with Crippen LogP contribution in [0.25, 0.3) is 10.9 Å². The van der Waals surface area contributed by atoms with Gasteiger partial charge < -0.3 is 19.5 Å². The van der Waals surface area contributed by atoms with E-state index in [1.807, 2.05) is 38.4 Å². The number of benzene rings is 1. The van der Waals surface area contributed by atoms with Crippen molar-refractivity contribution < 1.29 is 29.0 Å². The molecule has 0 bridgehead atoms. The lowest BCUT2D eigenvalue weighted by Gasteiger charge is -2.08. The number of carboxylic acid groups (broad SMARTS) is 1.